The lowest BCUT2D eigenvalue weighted by Gasteiger charge is -2.18. The lowest BCUT2D eigenvalue weighted by atomic mass is 10.1. The summed E-state index contributed by atoms with van der Waals surface area (Å²) in [7, 11) is 3.08. The highest BCUT2D eigenvalue weighted by atomic mass is 127. The first-order chi connectivity index (χ1) is 9.17. The molecule has 0 saturated carbocycles. The lowest BCUT2D eigenvalue weighted by molar-refractivity contribution is -0.140. The van der Waals surface area contributed by atoms with Gasteiger partial charge in [-0.05, 0) is 12.5 Å². The number of nitrogens with one attached hydrogen (secondary N) is 2. The van der Waals surface area contributed by atoms with Crippen LogP contribution in [-0.2, 0) is 9.53 Å². The van der Waals surface area contributed by atoms with Crippen molar-refractivity contribution in [3.8, 4) is 0 Å². The minimum atomic E-state index is -0.237. The lowest BCUT2D eigenvalue weighted by Crippen LogP contribution is -2.39. The smallest absolute Gasteiger partial charge is 0.307 e. The molecule has 0 aromatic heterocycles. The van der Waals surface area contributed by atoms with Crippen LogP contribution < -0.4 is 10.6 Å². The molecule has 0 aliphatic heterocycles. The van der Waals surface area contributed by atoms with E-state index in [1.54, 1.807) is 7.05 Å². The molecule has 0 radical (unpaired) electrons. The Kier molecular flexibility index (Phi) is 9.79. The summed E-state index contributed by atoms with van der Waals surface area (Å²) in [4.78, 5) is 15.1. The average molecular weight is 391 g/mol. The minimum absolute atomic E-state index is 0. The van der Waals surface area contributed by atoms with Crippen LogP contribution in [0.15, 0.2) is 35.3 Å². The standard InChI is InChI=1S/C14H21N3O2.HI/c1-11(12-7-5-4-6-8-12)17-14(15-2)16-10-9-13(18)19-3;/h4-8,11H,9-10H2,1-3H3,(H2,15,16,17);1H. The van der Waals surface area contributed by atoms with Crippen molar-refractivity contribution in [2.75, 3.05) is 20.7 Å². The number of carbonyl (C=O) groups is 1. The van der Waals surface area contributed by atoms with Gasteiger partial charge >= 0.3 is 5.97 Å². The van der Waals surface area contributed by atoms with Gasteiger partial charge in [0.15, 0.2) is 5.96 Å². The highest BCUT2D eigenvalue weighted by molar-refractivity contribution is 14.0. The van der Waals surface area contributed by atoms with Gasteiger partial charge in [0.1, 0.15) is 0 Å². The van der Waals surface area contributed by atoms with Gasteiger partial charge in [0, 0.05) is 13.6 Å². The maximum absolute atomic E-state index is 11.0. The number of methoxy groups -OCH3 is 1. The number of esters is 1. The molecule has 1 atom stereocenters. The Labute approximate surface area is 137 Å². The molecule has 0 amide bonds. The zero-order valence-corrected chi connectivity index (χ0v) is 14.4. The van der Waals surface area contributed by atoms with Crippen LogP contribution in [0.5, 0.6) is 0 Å². The van der Waals surface area contributed by atoms with Gasteiger partial charge in [0.2, 0.25) is 0 Å². The Bertz CT molecular complexity index is 424. The van der Waals surface area contributed by atoms with Gasteiger partial charge in [-0.2, -0.15) is 0 Å². The second kappa shape index (κ2) is 10.5. The molecule has 1 aromatic carbocycles. The molecule has 6 heteroatoms. The van der Waals surface area contributed by atoms with E-state index in [0.717, 1.165) is 0 Å². The highest BCUT2D eigenvalue weighted by Crippen LogP contribution is 2.10. The van der Waals surface area contributed by atoms with E-state index in [2.05, 4.69) is 39.4 Å². The molecule has 1 aromatic rings. The molecule has 112 valence electrons. The van der Waals surface area contributed by atoms with Gasteiger partial charge in [0.05, 0.1) is 19.6 Å². The molecule has 0 bridgehead atoms. The summed E-state index contributed by atoms with van der Waals surface area (Å²) < 4.78 is 4.58. The van der Waals surface area contributed by atoms with E-state index in [0.29, 0.717) is 18.9 Å². The van der Waals surface area contributed by atoms with E-state index in [-0.39, 0.29) is 36.0 Å². The molecule has 1 unspecified atom stereocenters. The van der Waals surface area contributed by atoms with Gasteiger partial charge in [-0.3, -0.25) is 9.79 Å². The average Bonchev–Trinajstić information content (AvgIpc) is 2.46. The summed E-state index contributed by atoms with van der Waals surface area (Å²) in [6, 6.07) is 10.2. The maximum Gasteiger partial charge on any atom is 0.307 e. The van der Waals surface area contributed by atoms with Crippen LogP contribution in [0.3, 0.4) is 0 Å². The fraction of sp³-hybridized carbons (Fsp3) is 0.429. The number of carbonyl (C=O) groups excluding carboxylic acids is 1. The SMILES string of the molecule is CN=C(NCCC(=O)OC)NC(C)c1ccccc1.I. The van der Waals surface area contributed by atoms with Gasteiger partial charge in [-0.1, -0.05) is 30.3 Å². The van der Waals surface area contributed by atoms with Crippen molar-refractivity contribution >= 4 is 35.9 Å². The molecule has 0 aliphatic rings. The first kappa shape index (κ1) is 18.7. The second-order valence-electron chi connectivity index (χ2n) is 4.10. The summed E-state index contributed by atoms with van der Waals surface area (Å²) in [6.45, 7) is 2.55. The number of aliphatic imine (C=N–C) groups is 1. The molecular formula is C14H22IN3O2. The van der Waals surface area contributed by atoms with Crippen molar-refractivity contribution < 1.29 is 9.53 Å². The molecule has 0 fully saturated rings. The summed E-state index contributed by atoms with van der Waals surface area (Å²) in [6.07, 6.45) is 0.316. The number of guanidine groups is 1. The molecule has 1 rings (SSSR count). The molecule has 0 saturated heterocycles. The van der Waals surface area contributed by atoms with E-state index < -0.39 is 0 Å². The summed E-state index contributed by atoms with van der Waals surface area (Å²) in [5.41, 5.74) is 1.18. The molecule has 0 aliphatic carbocycles. The van der Waals surface area contributed by atoms with Crippen LogP contribution in [0.4, 0.5) is 0 Å². The Hall–Kier alpha value is -1.31. The van der Waals surface area contributed by atoms with Crippen LogP contribution >= 0.6 is 24.0 Å². The number of nitrogens with zero attached hydrogens (tertiary/aromatic N) is 1. The number of hydrogen-bond donors (Lipinski definition) is 2. The highest BCUT2D eigenvalue weighted by Gasteiger charge is 2.07. The Balaban J connectivity index is 0.00000361. The Morgan fingerprint density at radius 2 is 2.00 bits per heavy atom. The van der Waals surface area contributed by atoms with Crippen molar-refractivity contribution in [3.05, 3.63) is 35.9 Å². The molecule has 2 N–H and O–H groups in total. The van der Waals surface area contributed by atoms with Crippen molar-refractivity contribution in [3.63, 3.8) is 0 Å². The maximum atomic E-state index is 11.0. The van der Waals surface area contributed by atoms with E-state index in [4.69, 9.17) is 0 Å². The third kappa shape index (κ3) is 6.74. The molecule has 0 heterocycles. The number of benzene rings is 1. The molecular weight excluding hydrogens is 369 g/mol. The largest absolute Gasteiger partial charge is 0.469 e. The fourth-order valence-corrected chi connectivity index (χ4v) is 1.61. The molecule has 0 spiro atoms. The van der Waals surface area contributed by atoms with E-state index in [1.807, 2.05) is 18.2 Å². The van der Waals surface area contributed by atoms with Crippen molar-refractivity contribution in [2.24, 2.45) is 4.99 Å². The monoisotopic (exact) mass is 391 g/mol. The van der Waals surface area contributed by atoms with Gasteiger partial charge in [-0.15, -0.1) is 24.0 Å². The van der Waals surface area contributed by atoms with Crippen LogP contribution in [0.1, 0.15) is 24.9 Å². The predicted octanol–water partition coefficient (Wildman–Crippen LogP) is 2.09. The van der Waals surface area contributed by atoms with Crippen LogP contribution in [0.2, 0.25) is 0 Å². The second-order valence-corrected chi connectivity index (χ2v) is 4.10. The quantitative estimate of drug-likeness (QED) is 0.349. The van der Waals surface area contributed by atoms with Crippen molar-refractivity contribution in [1.29, 1.82) is 0 Å². The molecule has 20 heavy (non-hydrogen) atoms. The zero-order valence-electron chi connectivity index (χ0n) is 12.1. The topological polar surface area (TPSA) is 62.7 Å². The Morgan fingerprint density at radius 3 is 2.55 bits per heavy atom. The van der Waals surface area contributed by atoms with Gasteiger partial charge in [-0.25, -0.2) is 0 Å². The third-order valence-electron chi connectivity index (χ3n) is 2.73. The summed E-state index contributed by atoms with van der Waals surface area (Å²) in [5, 5.41) is 6.33. The first-order valence-corrected chi connectivity index (χ1v) is 6.26. The van der Waals surface area contributed by atoms with Gasteiger partial charge in [0.25, 0.3) is 0 Å². The Morgan fingerprint density at radius 1 is 1.35 bits per heavy atom. The van der Waals surface area contributed by atoms with Crippen molar-refractivity contribution in [2.45, 2.75) is 19.4 Å². The van der Waals surface area contributed by atoms with E-state index in [1.165, 1.54) is 12.7 Å². The summed E-state index contributed by atoms with van der Waals surface area (Å²) >= 11 is 0. The third-order valence-corrected chi connectivity index (χ3v) is 2.73. The minimum Gasteiger partial charge on any atom is -0.469 e. The fourth-order valence-electron chi connectivity index (χ4n) is 1.61. The van der Waals surface area contributed by atoms with Crippen LogP contribution in [-0.4, -0.2) is 32.6 Å². The zero-order chi connectivity index (χ0) is 14.1. The summed E-state index contributed by atoms with van der Waals surface area (Å²) in [5.74, 6) is 0.430. The number of rotatable bonds is 5. The number of hydrogen-bond acceptors (Lipinski definition) is 3. The van der Waals surface area contributed by atoms with Crippen LogP contribution in [0, 0.1) is 0 Å². The van der Waals surface area contributed by atoms with Gasteiger partial charge < -0.3 is 15.4 Å². The predicted molar refractivity (Wildman–Crippen MR) is 91.4 cm³/mol. The normalized spacial score (nSPS) is 12.1. The van der Waals surface area contributed by atoms with E-state index in [9.17, 15) is 4.79 Å². The number of halogens is 1. The van der Waals surface area contributed by atoms with Crippen LogP contribution in [0.25, 0.3) is 0 Å². The first-order valence-electron chi connectivity index (χ1n) is 6.26. The van der Waals surface area contributed by atoms with E-state index >= 15 is 0 Å². The van der Waals surface area contributed by atoms with Crippen molar-refractivity contribution in [1.82, 2.24) is 10.6 Å². The number of ether oxygens (including phenoxy) is 1. The molecule has 5 nitrogen and oxygen atoms in total.